The molecule has 21 heavy (non-hydrogen) atoms. The van der Waals surface area contributed by atoms with E-state index >= 15 is 0 Å². The fourth-order valence-electron chi connectivity index (χ4n) is 3.33. The molecule has 0 aliphatic heterocycles. The van der Waals surface area contributed by atoms with Crippen molar-refractivity contribution in [1.29, 1.82) is 0 Å². The number of carbonyl (C=O) groups is 1. The van der Waals surface area contributed by atoms with Gasteiger partial charge in [0, 0.05) is 11.7 Å². The van der Waals surface area contributed by atoms with Gasteiger partial charge in [-0.05, 0) is 43.7 Å². The van der Waals surface area contributed by atoms with E-state index in [1.807, 2.05) is 37.3 Å². The van der Waals surface area contributed by atoms with Gasteiger partial charge in [-0.2, -0.15) is 0 Å². The Kier molecular flexibility index (Phi) is 5.80. The first-order valence-electron chi connectivity index (χ1n) is 8.20. The molecular weight excluding hydrogens is 260 g/mol. The molecule has 2 rings (SSSR count). The van der Waals surface area contributed by atoms with Crippen molar-refractivity contribution in [2.75, 3.05) is 5.32 Å². The van der Waals surface area contributed by atoms with Crippen molar-refractivity contribution < 1.29 is 4.79 Å². The van der Waals surface area contributed by atoms with Gasteiger partial charge in [0.15, 0.2) is 0 Å². The number of hydrogen-bond acceptors (Lipinski definition) is 2. The van der Waals surface area contributed by atoms with E-state index in [0.29, 0.717) is 17.9 Å². The van der Waals surface area contributed by atoms with Crippen LogP contribution in [0.3, 0.4) is 0 Å². The van der Waals surface area contributed by atoms with Crippen molar-refractivity contribution in [1.82, 2.24) is 5.32 Å². The van der Waals surface area contributed by atoms with Crippen LogP contribution in [0.25, 0.3) is 0 Å². The Morgan fingerprint density at radius 2 is 1.76 bits per heavy atom. The van der Waals surface area contributed by atoms with Gasteiger partial charge in [0.2, 0.25) is 5.91 Å². The van der Waals surface area contributed by atoms with E-state index in [4.69, 9.17) is 0 Å². The zero-order valence-electron chi connectivity index (χ0n) is 13.4. The third kappa shape index (κ3) is 4.57. The molecule has 2 N–H and O–H groups in total. The van der Waals surface area contributed by atoms with Gasteiger partial charge in [0.25, 0.3) is 0 Å². The average molecular weight is 288 g/mol. The van der Waals surface area contributed by atoms with Gasteiger partial charge in [0.05, 0.1) is 6.04 Å². The molecular formula is C18H28N2O. The zero-order valence-corrected chi connectivity index (χ0v) is 13.4. The quantitative estimate of drug-likeness (QED) is 0.865. The molecule has 3 heteroatoms. The highest BCUT2D eigenvalue weighted by Crippen LogP contribution is 2.30. The summed E-state index contributed by atoms with van der Waals surface area (Å²) in [6, 6.07) is 9.97. The Labute approximate surface area is 128 Å². The first kappa shape index (κ1) is 16.0. The molecule has 1 aromatic rings. The molecule has 3 nitrogen and oxygen atoms in total. The third-order valence-corrected chi connectivity index (χ3v) is 4.57. The summed E-state index contributed by atoms with van der Waals surface area (Å²) in [5.41, 5.74) is 0.861. The van der Waals surface area contributed by atoms with E-state index in [-0.39, 0.29) is 11.9 Å². The monoisotopic (exact) mass is 288 g/mol. The Bertz CT molecular complexity index is 444. The predicted molar refractivity (Wildman–Crippen MR) is 88.3 cm³/mol. The number of anilines is 1. The SMILES string of the molecule is CC(NC1CCCCC1C(C)C)C(=O)Nc1ccccc1. The van der Waals surface area contributed by atoms with E-state index in [0.717, 1.165) is 5.69 Å². The van der Waals surface area contributed by atoms with Crippen molar-refractivity contribution in [3.63, 3.8) is 0 Å². The lowest BCUT2D eigenvalue weighted by Crippen LogP contribution is -2.49. The lowest BCUT2D eigenvalue weighted by molar-refractivity contribution is -0.118. The second-order valence-electron chi connectivity index (χ2n) is 6.54. The Hall–Kier alpha value is -1.35. The van der Waals surface area contributed by atoms with Crippen molar-refractivity contribution in [3.8, 4) is 0 Å². The van der Waals surface area contributed by atoms with Crippen LogP contribution in [0, 0.1) is 11.8 Å². The molecule has 0 bridgehead atoms. The topological polar surface area (TPSA) is 41.1 Å². The number of nitrogens with one attached hydrogen (secondary N) is 2. The maximum absolute atomic E-state index is 12.3. The van der Waals surface area contributed by atoms with Crippen LogP contribution in [0.1, 0.15) is 46.5 Å². The summed E-state index contributed by atoms with van der Waals surface area (Å²) < 4.78 is 0. The highest BCUT2D eigenvalue weighted by Gasteiger charge is 2.29. The fraction of sp³-hybridized carbons (Fsp3) is 0.611. The van der Waals surface area contributed by atoms with E-state index in [1.54, 1.807) is 0 Å². The molecule has 1 fully saturated rings. The van der Waals surface area contributed by atoms with Crippen LogP contribution in [-0.2, 0) is 4.79 Å². The molecule has 1 saturated carbocycles. The van der Waals surface area contributed by atoms with Crippen LogP contribution in [0.4, 0.5) is 5.69 Å². The summed E-state index contributed by atoms with van der Waals surface area (Å²) >= 11 is 0. The molecule has 1 amide bonds. The summed E-state index contributed by atoms with van der Waals surface area (Å²) in [5, 5.41) is 6.53. The van der Waals surface area contributed by atoms with Gasteiger partial charge in [-0.3, -0.25) is 4.79 Å². The standard InChI is InChI=1S/C18H28N2O/c1-13(2)16-11-7-8-12-17(16)19-14(3)18(21)20-15-9-5-4-6-10-15/h4-6,9-10,13-14,16-17,19H,7-8,11-12H2,1-3H3,(H,20,21). The Morgan fingerprint density at radius 3 is 2.43 bits per heavy atom. The fourth-order valence-corrected chi connectivity index (χ4v) is 3.33. The van der Waals surface area contributed by atoms with Crippen molar-refractivity contribution in [3.05, 3.63) is 30.3 Å². The molecule has 0 spiro atoms. The van der Waals surface area contributed by atoms with Crippen LogP contribution >= 0.6 is 0 Å². The minimum Gasteiger partial charge on any atom is -0.325 e. The van der Waals surface area contributed by atoms with Crippen LogP contribution < -0.4 is 10.6 Å². The normalized spacial score (nSPS) is 23.8. The first-order valence-corrected chi connectivity index (χ1v) is 8.20. The van der Waals surface area contributed by atoms with E-state index in [1.165, 1.54) is 25.7 Å². The van der Waals surface area contributed by atoms with Gasteiger partial charge >= 0.3 is 0 Å². The van der Waals surface area contributed by atoms with E-state index in [2.05, 4.69) is 24.5 Å². The molecule has 0 radical (unpaired) electrons. The highest BCUT2D eigenvalue weighted by molar-refractivity contribution is 5.94. The van der Waals surface area contributed by atoms with Crippen LogP contribution in [0.5, 0.6) is 0 Å². The summed E-state index contributed by atoms with van der Waals surface area (Å²) in [7, 11) is 0. The van der Waals surface area contributed by atoms with E-state index < -0.39 is 0 Å². The molecule has 116 valence electrons. The first-order chi connectivity index (χ1) is 10.1. The minimum absolute atomic E-state index is 0.0503. The number of rotatable bonds is 5. The smallest absolute Gasteiger partial charge is 0.241 e. The van der Waals surface area contributed by atoms with Crippen LogP contribution in [-0.4, -0.2) is 18.0 Å². The summed E-state index contributed by atoms with van der Waals surface area (Å²) in [6.45, 7) is 6.54. The predicted octanol–water partition coefficient (Wildman–Crippen LogP) is 3.82. The van der Waals surface area contributed by atoms with Crippen LogP contribution in [0.2, 0.25) is 0 Å². The summed E-state index contributed by atoms with van der Waals surface area (Å²) in [6.07, 6.45) is 5.06. The van der Waals surface area contributed by atoms with Gasteiger partial charge < -0.3 is 10.6 Å². The average Bonchev–Trinajstić information content (AvgIpc) is 2.48. The number of carbonyl (C=O) groups excluding carboxylic acids is 1. The molecule has 3 unspecified atom stereocenters. The molecule has 0 heterocycles. The number of benzene rings is 1. The maximum atomic E-state index is 12.3. The number of hydrogen-bond donors (Lipinski definition) is 2. The second-order valence-corrected chi connectivity index (χ2v) is 6.54. The van der Waals surface area contributed by atoms with Gasteiger partial charge in [0.1, 0.15) is 0 Å². The van der Waals surface area contributed by atoms with Crippen LogP contribution in [0.15, 0.2) is 30.3 Å². The lowest BCUT2D eigenvalue weighted by Gasteiger charge is -2.36. The largest absolute Gasteiger partial charge is 0.325 e. The molecule has 0 aromatic heterocycles. The lowest BCUT2D eigenvalue weighted by atomic mass is 9.77. The summed E-state index contributed by atoms with van der Waals surface area (Å²) in [5.74, 6) is 1.41. The molecule has 1 aromatic carbocycles. The Balaban J connectivity index is 1.90. The number of para-hydroxylation sites is 1. The van der Waals surface area contributed by atoms with Gasteiger partial charge in [-0.15, -0.1) is 0 Å². The highest BCUT2D eigenvalue weighted by atomic mass is 16.2. The molecule has 0 saturated heterocycles. The summed E-state index contributed by atoms with van der Waals surface area (Å²) in [4.78, 5) is 12.3. The zero-order chi connectivity index (χ0) is 15.2. The van der Waals surface area contributed by atoms with Crippen molar-refractivity contribution in [2.24, 2.45) is 11.8 Å². The van der Waals surface area contributed by atoms with Gasteiger partial charge in [-0.25, -0.2) is 0 Å². The van der Waals surface area contributed by atoms with E-state index in [9.17, 15) is 4.79 Å². The van der Waals surface area contributed by atoms with Gasteiger partial charge in [-0.1, -0.05) is 44.9 Å². The minimum atomic E-state index is -0.158. The molecule has 1 aliphatic carbocycles. The second kappa shape index (κ2) is 7.60. The molecule has 3 atom stereocenters. The van der Waals surface area contributed by atoms with Crippen molar-refractivity contribution in [2.45, 2.75) is 58.5 Å². The third-order valence-electron chi connectivity index (χ3n) is 4.57. The Morgan fingerprint density at radius 1 is 1.10 bits per heavy atom. The molecule has 1 aliphatic rings. The van der Waals surface area contributed by atoms with Crippen molar-refractivity contribution >= 4 is 11.6 Å². The number of amides is 1. The maximum Gasteiger partial charge on any atom is 0.241 e.